The summed E-state index contributed by atoms with van der Waals surface area (Å²) in [6, 6.07) is 0. The molecule has 0 saturated carbocycles. The van der Waals surface area contributed by atoms with E-state index in [0.717, 1.165) is 12.4 Å². The molecule has 4 nitrogen and oxygen atoms in total. The second-order valence-electron chi connectivity index (χ2n) is 3.61. The maximum atomic E-state index is 5.68. The number of anilines is 1. The van der Waals surface area contributed by atoms with Crippen LogP contribution >= 0.6 is 0 Å². The Labute approximate surface area is 79.1 Å². The van der Waals surface area contributed by atoms with Crippen molar-refractivity contribution in [3.05, 3.63) is 12.4 Å². The van der Waals surface area contributed by atoms with E-state index in [2.05, 4.69) is 24.1 Å². The van der Waals surface area contributed by atoms with Crippen LogP contribution in [-0.2, 0) is 7.05 Å². The molecule has 0 aliphatic carbocycles. The molecule has 74 valence electrons. The topological polar surface area (TPSA) is 55.9 Å². The van der Waals surface area contributed by atoms with Crippen molar-refractivity contribution in [2.75, 3.05) is 11.9 Å². The van der Waals surface area contributed by atoms with Crippen molar-refractivity contribution in [3.8, 4) is 0 Å². The molecule has 0 amide bonds. The van der Waals surface area contributed by atoms with Gasteiger partial charge >= 0.3 is 0 Å². The molecule has 3 N–H and O–H groups in total. The smallest absolute Gasteiger partial charge is 0.202 e. The largest absolute Gasteiger partial charge is 0.349 e. The first-order chi connectivity index (χ1) is 6.11. The second-order valence-corrected chi connectivity index (χ2v) is 3.61. The van der Waals surface area contributed by atoms with E-state index >= 15 is 0 Å². The molecule has 0 spiro atoms. The molecular weight excluding hydrogens is 164 g/mol. The highest BCUT2D eigenvalue weighted by Gasteiger charge is 2.20. The molecule has 13 heavy (non-hydrogen) atoms. The zero-order valence-electron chi connectivity index (χ0n) is 8.54. The van der Waals surface area contributed by atoms with E-state index in [0.29, 0.717) is 6.54 Å². The highest BCUT2D eigenvalue weighted by Crippen LogP contribution is 2.14. The van der Waals surface area contributed by atoms with Gasteiger partial charge in [-0.1, -0.05) is 6.92 Å². The molecule has 0 fully saturated rings. The van der Waals surface area contributed by atoms with Gasteiger partial charge in [-0.25, -0.2) is 4.98 Å². The van der Waals surface area contributed by atoms with Crippen molar-refractivity contribution in [2.45, 2.75) is 25.8 Å². The van der Waals surface area contributed by atoms with E-state index in [4.69, 9.17) is 5.73 Å². The minimum Gasteiger partial charge on any atom is -0.349 e. The lowest BCUT2D eigenvalue weighted by Gasteiger charge is -2.28. The Balaban J connectivity index is 2.73. The summed E-state index contributed by atoms with van der Waals surface area (Å²) < 4.78 is 1.95. The first-order valence-electron chi connectivity index (χ1n) is 4.57. The molecule has 1 atom stereocenters. The summed E-state index contributed by atoms with van der Waals surface area (Å²) in [6.45, 7) is 4.82. The molecule has 0 aromatic carbocycles. The summed E-state index contributed by atoms with van der Waals surface area (Å²) in [6.07, 6.45) is 4.67. The van der Waals surface area contributed by atoms with Crippen LogP contribution in [0.2, 0.25) is 0 Å². The number of nitrogens with two attached hydrogens (primary N) is 1. The van der Waals surface area contributed by atoms with Crippen molar-refractivity contribution >= 4 is 5.95 Å². The van der Waals surface area contributed by atoms with Crippen molar-refractivity contribution in [3.63, 3.8) is 0 Å². The van der Waals surface area contributed by atoms with Crippen molar-refractivity contribution in [2.24, 2.45) is 12.8 Å². The standard InChI is InChI=1S/C9H18N4/c1-4-9(2,7-10)12-8-11-5-6-13(8)3/h5-6H,4,7,10H2,1-3H3,(H,11,12). The number of nitrogens with one attached hydrogen (secondary N) is 1. The van der Waals surface area contributed by atoms with Crippen molar-refractivity contribution < 1.29 is 0 Å². The van der Waals surface area contributed by atoms with Gasteiger partial charge in [-0.15, -0.1) is 0 Å². The Hall–Kier alpha value is -1.03. The van der Waals surface area contributed by atoms with Gasteiger partial charge in [0, 0.05) is 31.5 Å². The van der Waals surface area contributed by atoms with E-state index in [1.165, 1.54) is 0 Å². The van der Waals surface area contributed by atoms with Gasteiger partial charge in [0.2, 0.25) is 5.95 Å². The molecule has 1 aromatic heterocycles. The van der Waals surface area contributed by atoms with Gasteiger partial charge in [0.15, 0.2) is 0 Å². The number of aromatic nitrogens is 2. The van der Waals surface area contributed by atoms with Crippen LogP contribution in [-0.4, -0.2) is 21.6 Å². The number of rotatable bonds is 4. The fourth-order valence-electron chi connectivity index (χ4n) is 1.04. The van der Waals surface area contributed by atoms with E-state index in [1.54, 1.807) is 6.20 Å². The minimum atomic E-state index is -0.0564. The lowest BCUT2D eigenvalue weighted by Crippen LogP contribution is -2.42. The summed E-state index contributed by atoms with van der Waals surface area (Å²) >= 11 is 0. The molecule has 1 heterocycles. The summed E-state index contributed by atoms with van der Waals surface area (Å²) in [4.78, 5) is 4.19. The van der Waals surface area contributed by atoms with Crippen LogP contribution in [0.4, 0.5) is 5.95 Å². The van der Waals surface area contributed by atoms with Gasteiger partial charge in [-0.2, -0.15) is 0 Å². The summed E-state index contributed by atoms with van der Waals surface area (Å²) in [5, 5.41) is 3.33. The predicted octanol–water partition coefficient (Wildman–Crippen LogP) is 0.959. The number of hydrogen-bond donors (Lipinski definition) is 2. The monoisotopic (exact) mass is 182 g/mol. The van der Waals surface area contributed by atoms with E-state index in [1.807, 2.05) is 17.8 Å². The lowest BCUT2D eigenvalue weighted by molar-refractivity contribution is 0.500. The van der Waals surface area contributed by atoms with Crippen LogP contribution in [0.25, 0.3) is 0 Å². The average molecular weight is 182 g/mol. The molecule has 0 aliphatic heterocycles. The molecule has 1 unspecified atom stereocenters. The maximum absolute atomic E-state index is 5.68. The van der Waals surface area contributed by atoms with Crippen molar-refractivity contribution in [1.82, 2.24) is 9.55 Å². The van der Waals surface area contributed by atoms with Gasteiger partial charge in [-0.05, 0) is 13.3 Å². The molecule has 0 saturated heterocycles. The molecule has 0 bridgehead atoms. The average Bonchev–Trinajstić information content (AvgIpc) is 2.52. The third kappa shape index (κ3) is 2.21. The highest BCUT2D eigenvalue weighted by molar-refractivity contribution is 5.30. The van der Waals surface area contributed by atoms with Crippen LogP contribution in [0.15, 0.2) is 12.4 Å². The quantitative estimate of drug-likeness (QED) is 0.729. The summed E-state index contributed by atoms with van der Waals surface area (Å²) in [5.74, 6) is 0.870. The SMILES string of the molecule is CCC(C)(CN)Nc1nccn1C. The van der Waals surface area contributed by atoms with Gasteiger partial charge in [-0.3, -0.25) is 0 Å². The number of imidazole rings is 1. The molecule has 0 radical (unpaired) electrons. The summed E-state index contributed by atoms with van der Waals surface area (Å²) in [7, 11) is 1.96. The van der Waals surface area contributed by atoms with E-state index in [9.17, 15) is 0 Å². The fraction of sp³-hybridized carbons (Fsp3) is 0.667. The third-order valence-corrected chi connectivity index (χ3v) is 2.47. The zero-order valence-corrected chi connectivity index (χ0v) is 8.54. The third-order valence-electron chi connectivity index (χ3n) is 2.47. The maximum Gasteiger partial charge on any atom is 0.202 e. The Bertz CT molecular complexity index is 262. The van der Waals surface area contributed by atoms with Gasteiger partial charge < -0.3 is 15.6 Å². The Morgan fingerprint density at radius 1 is 1.69 bits per heavy atom. The Morgan fingerprint density at radius 3 is 2.77 bits per heavy atom. The number of hydrogen-bond acceptors (Lipinski definition) is 3. The fourth-order valence-corrected chi connectivity index (χ4v) is 1.04. The zero-order chi connectivity index (χ0) is 9.90. The van der Waals surface area contributed by atoms with Crippen LogP contribution in [0.5, 0.6) is 0 Å². The van der Waals surface area contributed by atoms with E-state index < -0.39 is 0 Å². The molecule has 1 aromatic rings. The predicted molar refractivity (Wildman–Crippen MR) is 54.6 cm³/mol. The van der Waals surface area contributed by atoms with Gasteiger partial charge in [0.1, 0.15) is 0 Å². The molecular formula is C9H18N4. The second kappa shape index (κ2) is 3.79. The summed E-state index contributed by atoms with van der Waals surface area (Å²) in [5.41, 5.74) is 5.63. The number of nitrogens with zero attached hydrogens (tertiary/aromatic N) is 2. The van der Waals surface area contributed by atoms with Gasteiger partial charge in [0.05, 0.1) is 0 Å². The highest BCUT2D eigenvalue weighted by atomic mass is 15.2. The molecule has 4 heteroatoms. The first-order valence-corrected chi connectivity index (χ1v) is 4.57. The van der Waals surface area contributed by atoms with Crippen LogP contribution in [0.1, 0.15) is 20.3 Å². The first kappa shape index (κ1) is 10.1. The minimum absolute atomic E-state index is 0.0564. The van der Waals surface area contributed by atoms with Crippen molar-refractivity contribution in [1.29, 1.82) is 0 Å². The van der Waals surface area contributed by atoms with Crippen LogP contribution < -0.4 is 11.1 Å². The normalized spacial score (nSPS) is 15.4. The molecule has 1 rings (SSSR count). The number of aryl methyl sites for hydroxylation is 1. The van der Waals surface area contributed by atoms with Gasteiger partial charge in [0.25, 0.3) is 0 Å². The Morgan fingerprint density at radius 2 is 2.38 bits per heavy atom. The Kier molecular flexibility index (Phi) is 2.93. The van der Waals surface area contributed by atoms with E-state index in [-0.39, 0.29) is 5.54 Å². The lowest BCUT2D eigenvalue weighted by atomic mass is 10.00. The van der Waals surface area contributed by atoms with Crippen LogP contribution in [0, 0.1) is 0 Å². The molecule has 0 aliphatic rings. The van der Waals surface area contributed by atoms with Crippen LogP contribution in [0.3, 0.4) is 0 Å².